The molecule has 0 aromatic heterocycles. The Kier molecular flexibility index (Phi) is 17.1. The van der Waals surface area contributed by atoms with E-state index in [2.05, 4.69) is 42.0 Å². The van der Waals surface area contributed by atoms with Gasteiger partial charge in [0.2, 0.25) is 0 Å². The Bertz CT molecular complexity index is 462. The van der Waals surface area contributed by atoms with Crippen molar-refractivity contribution in [2.24, 2.45) is 0 Å². The van der Waals surface area contributed by atoms with Crippen molar-refractivity contribution in [2.45, 2.75) is 13.8 Å². The Balaban J connectivity index is -0.000000141. The second-order valence-electron chi connectivity index (χ2n) is 2.38. The minimum atomic E-state index is -4.62. The maximum Gasteiger partial charge on any atom is 0.573 e. The van der Waals surface area contributed by atoms with Crippen molar-refractivity contribution in [3.63, 3.8) is 0 Å². The predicted molar refractivity (Wildman–Crippen MR) is 82.7 cm³/mol. The highest BCUT2D eigenvalue weighted by molar-refractivity contribution is 9.10. The van der Waals surface area contributed by atoms with Gasteiger partial charge in [0.05, 0.1) is 0 Å². The lowest BCUT2D eigenvalue weighted by molar-refractivity contribution is -0.274. The van der Waals surface area contributed by atoms with Crippen LogP contribution in [0.15, 0.2) is 28.7 Å². The molecule has 0 amide bonds. The van der Waals surface area contributed by atoms with Crippen LogP contribution in [0.5, 0.6) is 5.75 Å². The Morgan fingerprint density at radius 2 is 1.55 bits per heavy atom. The summed E-state index contributed by atoms with van der Waals surface area (Å²) in [4.78, 5) is 0. The van der Waals surface area contributed by atoms with E-state index in [-0.39, 0.29) is 38.0 Å². The first-order valence-corrected chi connectivity index (χ1v) is 7.56. The summed E-state index contributed by atoms with van der Waals surface area (Å²) in [5.41, 5.74) is 0. The second kappa shape index (κ2) is 12.0. The molecule has 0 saturated carbocycles. The third-order valence-corrected chi connectivity index (χ3v) is 1.52. The molecule has 0 unspecified atom stereocenters. The average molecular weight is 465 g/mol. The predicted octanol–water partition coefficient (Wildman–Crippen LogP) is 5.54. The molecule has 0 heterocycles. The molecule has 12 heteroatoms. The summed E-state index contributed by atoms with van der Waals surface area (Å²) in [7, 11) is 4.81. The van der Waals surface area contributed by atoms with Crippen LogP contribution in [0.2, 0.25) is 0 Å². The van der Waals surface area contributed by atoms with E-state index in [1.165, 1.54) is 18.2 Å². The third-order valence-electron chi connectivity index (χ3n) is 1.03. The molecular weight excluding hydrogens is 455 g/mol. The van der Waals surface area contributed by atoms with E-state index in [9.17, 15) is 13.2 Å². The van der Waals surface area contributed by atoms with Gasteiger partial charge in [-0.3, -0.25) is 0 Å². The van der Waals surface area contributed by atoms with Crippen LogP contribution < -0.4 is 4.74 Å². The number of hydrogen-bond acceptors (Lipinski definition) is 3. The van der Waals surface area contributed by atoms with Gasteiger partial charge in [0.15, 0.2) is 0 Å². The summed E-state index contributed by atoms with van der Waals surface area (Å²) in [6.45, 7) is 0. The normalized spacial score (nSPS) is 9.70. The first kappa shape index (κ1) is 28.5. The van der Waals surface area contributed by atoms with Gasteiger partial charge in [0.25, 0.3) is 0 Å². The largest absolute Gasteiger partial charge is 0.573 e. The highest BCUT2D eigenvalue weighted by atomic mass is 79.9. The second-order valence-corrected chi connectivity index (χ2v) is 6.97. The van der Waals surface area contributed by atoms with Gasteiger partial charge < -0.3 is 4.74 Å². The van der Waals surface area contributed by atoms with Gasteiger partial charge in [-0.05, 0) is 18.2 Å². The molecule has 0 aliphatic heterocycles. The molecule has 0 atom stereocenters. The molecule has 122 valence electrons. The van der Waals surface area contributed by atoms with Gasteiger partial charge in [-0.25, -0.2) is 0 Å². The number of ether oxygens (including phenoxy) is 1. The first-order valence-electron chi connectivity index (χ1n) is 3.63. The lowest BCUT2D eigenvalue weighted by Gasteiger charge is -2.08. The Morgan fingerprint density at radius 3 is 1.85 bits per heavy atom. The third kappa shape index (κ3) is 23.5. The molecular formula is C8H10BrCl4F3O3S. The van der Waals surface area contributed by atoms with Crippen LogP contribution in [0.3, 0.4) is 0 Å². The molecule has 0 aliphatic carbocycles. The topological polar surface area (TPSA) is 43.4 Å². The van der Waals surface area contributed by atoms with Crippen LogP contribution in [0.1, 0.15) is 7.43 Å². The number of hydrogen-bond donors (Lipinski definition) is 0. The maximum absolute atomic E-state index is 11.6. The number of benzene rings is 1. The minimum absolute atomic E-state index is 0. The van der Waals surface area contributed by atoms with E-state index in [1.807, 2.05) is 0 Å². The lowest BCUT2D eigenvalue weighted by Crippen LogP contribution is -2.16. The zero-order valence-corrected chi connectivity index (χ0v) is 14.1. The molecule has 20 heavy (non-hydrogen) atoms. The van der Waals surface area contributed by atoms with Gasteiger partial charge in [-0.15, -0.1) is 38.0 Å². The molecule has 0 spiro atoms. The molecule has 0 N–H and O–H groups in total. The molecule has 1 aromatic carbocycles. The summed E-state index contributed by atoms with van der Waals surface area (Å²) in [6.07, 6.45) is -4.62. The molecule has 0 radical (unpaired) electrons. The first-order chi connectivity index (χ1) is 7.47. The van der Waals surface area contributed by atoms with Crippen molar-refractivity contribution in [1.29, 1.82) is 0 Å². The highest BCUT2D eigenvalue weighted by Gasteiger charge is 2.30. The Morgan fingerprint density at radius 1 is 1.15 bits per heavy atom. The molecule has 0 fully saturated rings. The van der Waals surface area contributed by atoms with Crippen LogP contribution in [-0.2, 0) is 8.26 Å². The summed E-state index contributed by atoms with van der Waals surface area (Å²) in [6, 6.07) is 5.56. The molecule has 0 saturated heterocycles. The van der Waals surface area contributed by atoms with Crippen molar-refractivity contribution in [1.82, 2.24) is 0 Å². The smallest absolute Gasteiger partial charge is 0.406 e. The monoisotopic (exact) mass is 462 g/mol. The van der Waals surface area contributed by atoms with Crippen LogP contribution in [-0.4, -0.2) is 14.8 Å². The molecule has 0 bridgehead atoms. The Labute approximate surface area is 144 Å². The van der Waals surface area contributed by atoms with Gasteiger partial charge in [0.1, 0.15) is 5.75 Å². The van der Waals surface area contributed by atoms with Crippen molar-refractivity contribution < 1.29 is 26.3 Å². The summed E-state index contributed by atoms with van der Waals surface area (Å²) in [5.74, 6) is -0.225. The number of rotatable bonds is 1. The van der Waals surface area contributed by atoms with Gasteiger partial charge in [-0.2, -0.15) is 8.42 Å². The fraction of sp³-hybridized carbons (Fsp3) is 0.250. The number of halogens is 8. The standard InChI is InChI=1S/C7H4BrF3O.CH4.Cl2O2S.2ClH/c8-5-2-1-3-6(4-5)12-7(9,10)11;;1-5(2,3)4;;/h1-4H;1H4;;2*1H. The van der Waals surface area contributed by atoms with E-state index in [0.717, 1.165) is 0 Å². The van der Waals surface area contributed by atoms with E-state index < -0.39 is 14.6 Å². The fourth-order valence-corrected chi connectivity index (χ4v) is 1.04. The van der Waals surface area contributed by atoms with Crippen LogP contribution >= 0.6 is 62.1 Å². The van der Waals surface area contributed by atoms with Crippen molar-refractivity contribution in [3.05, 3.63) is 28.7 Å². The summed E-state index contributed by atoms with van der Waals surface area (Å²) in [5, 5.41) is 0. The van der Waals surface area contributed by atoms with Crippen LogP contribution in [0.4, 0.5) is 13.2 Å². The molecule has 1 aromatic rings. The summed E-state index contributed by atoms with van der Waals surface area (Å²) >= 11 is 3.02. The molecule has 3 nitrogen and oxygen atoms in total. The average Bonchev–Trinajstić information content (AvgIpc) is 1.96. The van der Waals surface area contributed by atoms with E-state index >= 15 is 0 Å². The fourth-order valence-electron chi connectivity index (χ4n) is 0.664. The quantitative estimate of drug-likeness (QED) is 0.513. The molecule has 1 rings (SSSR count). The van der Waals surface area contributed by atoms with Gasteiger partial charge in [0, 0.05) is 25.8 Å². The van der Waals surface area contributed by atoms with Crippen LogP contribution in [0.25, 0.3) is 0 Å². The summed E-state index contributed by atoms with van der Waals surface area (Å²) < 4.78 is 57.4. The maximum atomic E-state index is 11.6. The van der Waals surface area contributed by atoms with E-state index in [0.29, 0.717) is 4.47 Å². The van der Waals surface area contributed by atoms with Gasteiger partial charge in [-0.1, -0.05) is 29.4 Å². The lowest BCUT2D eigenvalue weighted by atomic mass is 10.3. The number of alkyl halides is 3. The van der Waals surface area contributed by atoms with Crippen LogP contribution in [0, 0.1) is 0 Å². The van der Waals surface area contributed by atoms with Crippen molar-refractivity contribution in [2.75, 3.05) is 0 Å². The van der Waals surface area contributed by atoms with E-state index in [4.69, 9.17) is 8.42 Å². The Hall–Kier alpha value is 0.400. The molecule has 0 aliphatic rings. The highest BCUT2D eigenvalue weighted by Crippen LogP contribution is 2.24. The minimum Gasteiger partial charge on any atom is -0.406 e. The van der Waals surface area contributed by atoms with E-state index in [1.54, 1.807) is 6.07 Å². The van der Waals surface area contributed by atoms with Gasteiger partial charge >= 0.3 is 14.6 Å². The van der Waals surface area contributed by atoms with Crippen molar-refractivity contribution >= 4 is 70.4 Å². The SMILES string of the molecule is C.Cl.Cl.FC(F)(F)Oc1cccc(Br)c1.O=S(=O)(Cl)Cl. The van der Waals surface area contributed by atoms with Crippen molar-refractivity contribution in [3.8, 4) is 5.75 Å². The zero-order chi connectivity index (χ0) is 13.7. The zero-order valence-electron chi connectivity index (χ0n) is 8.53.